The van der Waals surface area contributed by atoms with E-state index < -0.39 is 46.0 Å². The summed E-state index contributed by atoms with van der Waals surface area (Å²) >= 11 is 0. The van der Waals surface area contributed by atoms with Crippen LogP contribution in [0.1, 0.15) is 45.1 Å². The van der Waals surface area contributed by atoms with Gasteiger partial charge in [0.1, 0.15) is 6.09 Å². The van der Waals surface area contributed by atoms with E-state index in [0.717, 1.165) is 16.9 Å². The zero-order chi connectivity index (χ0) is 35.1. The highest BCUT2D eigenvalue weighted by atomic mass is 32.2. The molecule has 2 aliphatic heterocycles. The number of hydrogen-bond acceptors (Lipinski definition) is 9. The molecule has 2 aromatic carbocycles. The Balaban J connectivity index is 1.62. The lowest BCUT2D eigenvalue weighted by Gasteiger charge is -2.43. The van der Waals surface area contributed by atoms with Crippen LogP contribution in [0.25, 0.3) is 0 Å². The predicted molar refractivity (Wildman–Crippen MR) is 179 cm³/mol. The number of benzene rings is 2. The van der Waals surface area contributed by atoms with Crippen molar-refractivity contribution in [1.29, 1.82) is 0 Å². The summed E-state index contributed by atoms with van der Waals surface area (Å²) in [6.07, 6.45) is -0.677. The summed E-state index contributed by atoms with van der Waals surface area (Å²) in [4.78, 5) is 27.3. The number of fused-ring (bicyclic) bond motifs is 1. The van der Waals surface area contributed by atoms with E-state index in [1.54, 1.807) is 26.2 Å². The van der Waals surface area contributed by atoms with Crippen molar-refractivity contribution >= 4 is 27.8 Å². The predicted octanol–water partition coefficient (Wildman–Crippen LogP) is 2.11. The van der Waals surface area contributed by atoms with Crippen LogP contribution in [0.3, 0.4) is 0 Å². The summed E-state index contributed by atoms with van der Waals surface area (Å²) in [6.45, 7) is 4.56. The number of ether oxygens (including phenoxy) is 2. The second-order valence-electron chi connectivity index (χ2n) is 13.7. The minimum absolute atomic E-state index is 0.0246. The van der Waals surface area contributed by atoms with Crippen LogP contribution in [0.2, 0.25) is 0 Å². The quantitative estimate of drug-likeness (QED) is 0.176. The first-order valence-electron chi connectivity index (χ1n) is 16.4. The van der Waals surface area contributed by atoms with Gasteiger partial charge in [-0.15, -0.1) is 0 Å². The molecular formula is C34H50N5O8S-. The van der Waals surface area contributed by atoms with Gasteiger partial charge in [-0.2, -0.15) is 4.31 Å². The summed E-state index contributed by atoms with van der Waals surface area (Å²) in [6, 6.07) is 13.3. The smallest absolute Gasteiger partial charge is 0.316 e. The molecule has 4 N–H and O–H groups in total. The topological polar surface area (TPSA) is 178 Å². The Morgan fingerprint density at radius 3 is 2.50 bits per heavy atom. The Kier molecular flexibility index (Phi) is 12.7. The van der Waals surface area contributed by atoms with Crippen molar-refractivity contribution in [3.8, 4) is 0 Å². The molecule has 0 saturated carbocycles. The van der Waals surface area contributed by atoms with E-state index in [9.17, 15) is 28.2 Å². The van der Waals surface area contributed by atoms with Crippen LogP contribution in [0, 0.1) is 11.3 Å². The zero-order valence-corrected chi connectivity index (χ0v) is 29.1. The van der Waals surface area contributed by atoms with Crippen molar-refractivity contribution in [3.63, 3.8) is 0 Å². The number of nitrogens with zero attached hydrogens (tertiary/aromatic N) is 3. The van der Waals surface area contributed by atoms with Gasteiger partial charge in [0.05, 0.1) is 36.3 Å². The SMILES string of the molecule is CN(C)C(=O)NCCCCC(C)(C)CN(C[C@@H](O)[C@H](Cc1ccccc1)N(C(=O)[O-])[C@H]1CO[C@H]2OCC[C@H]21)S(=O)(=O)c1cccc(N)c1. The van der Waals surface area contributed by atoms with E-state index in [-0.39, 0.29) is 48.6 Å². The molecule has 13 nitrogen and oxygen atoms in total. The third-order valence-corrected chi connectivity index (χ3v) is 10.9. The number of urea groups is 1. The van der Waals surface area contributed by atoms with Gasteiger partial charge in [0.15, 0.2) is 6.29 Å². The first kappa shape index (κ1) is 37.4. The minimum atomic E-state index is -4.19. The van der Waals surface area contributed by atoms with Crippen LogP contribution in [0.4, 0.5) is 15.3 Å². The number of rotatable bonds is 16. The first-order valence-corrected chi connectivity index (χ1v) is 17.9. The second-order valence-corrected chi connectivity index (χ2v) is 15.6. The lowest BCUT2D eigenvalue weighted by atomic mass is 9.87. The highest BCUT2D eigenvalue weighted by molar-refractivity contribution is 7.89. The van der Waals surface area contributed by atoms with Crippen LogP contribution in [-0.2, 0) is 25.9 Å². The molecule has 0 unspecified atom stereocenters. The van der Waals surface area contributed by atoms with Crippen LogP contribution < -0.4 is 16.2 Å². The van der Waals surface area contributed by atoms with Gasteiger partial charge in [-0.3, -0.25) is 0 Å². The van der Waals surface area contributed by atoms with Gasteiger partial charge in [0, 0.05) is 45.3 Å². The molecule has 4 rings (SSSR count). The van der Waals surface area contributed by atoms with Crippen molar-refractivity contribution in [2.75, 3.05) is 52.7 Å². The fourth-order valence-electron chi connectivity index (χ4n) is 6.56. The maximum absolute atomic E-state index is 14.2. The average molecular weight is 689 g/mol. The van der Waals surface area contributed by atoms with E-state index in [4.69, 9.17) is 15.2 Å². The molecule has 266 valence electrons. The Hall–Kier alpha value is -3.43. The molecule has 0 aromatic heterocycles. The van der Waals surface area contributed by atoms with E-state index in [1.165, 1.54) is 21.3 Å². The molecule has 48 heavy (non-hydrogen) atoms. The number of anilines is 1. The molecule has 0 aliphatic carbocycles. The Labute approximate surface area is 284 Å². The number of aliphatic hydroxyl groups excluding tert-OH is 1. The van der Waals surface area contributed by atoms with Crippen molar-refractivity contribution in [1.82, 2.24) is 19.4 Å². The number of carboxylic acid groups (broad SMARTS) is 1. The summed E-state index contributed by atoms with van der Waals surface area (Å²) < 4.78 is 41.1. The molecule has 2 heterocycles. The Morgan fingerprint density at radius 2 is 1.83 bits per heavy atom. The van der Waals surface area contributed by atoms with Crippen LogP contribution in [0.5, 0.6) is 0 Å². The number of sulfonamides is 1. The number of hydrogen-bond donors (Lipinski definition) is 3. The number of carbonyl (C=O) groups is 2. The molecule has 0 spiro atoms. The largest absolute Gasteiger partial charge is 0.530 e. The van der Waals surface area contributed by atoms with Gasteiger partial charge in [0.2, 0.25) is 10.0 Å². The van der Waals surface area contributed by atoms with Crippen LogP contribution >= 0.6 is 0 Å². The van der Waals surface area contributed by atoms with Crippen molar-refractivity contribution in [3.05, 3.63) is 60.2 Å². The standard InChI is InChI=1S/C34H51N5O8S/c1-34(2,16-8-9-17-36-32(41)37(3)4)23-38(48(44,45)26-14-10-13-25(35)20-26)21-30(40)28(19-24-11-6-5-7-12-24)39(33(42)43)29-22-47-31-27(29)15-18-46-31/h5-7,10-14,20,27-31,40H,8-9,15-19,21-23,35H2,1-4H3,(H,36,41)(H,42,43)/p-1/t27-,28-,29-,30+,31+/m0/s1. The molecule has 0 bridgehead atoms. The van der Waals surface area contributed by atoms with Gasteiger partial charge in [-0.1, -0.05) is 56.7 Å². The number of nitrogen functional groups attached to an aromatic ring is 1. The molecule has 5 atom stereocenters. The first-order chi connectivity index (χ1) is 22.7. The van der Waals surface area contributed by atoms with Crippen molar-refractivity contribution in [2.24, 2.45) is 11.3 Å². The number of aliphatic hydroxyl groups is 1. The number of carbonyl (C=O) groups excluding carboxylic acids is 2. The summed E-state index contributed by atoms with van der Waals surface area (Å²) in [7, 11) is -0.855. The minimum Gasteiger partial charge on any atom is -0.530 e. The van der Waals surface area contributed by atoms with E-state index >= 15 is 0 Å². The van der Waals surface area contributed by atoms with Crippen LogP contribution in [0.15, 0.2) is 59.5 Å². The van der Waals surface area contributed by atoms with Gasteiger partial charge in [-0.05, 0) is 54.9 Å². The van der Waals surface area contributed by atoms with E-state index in [2.05, 4.69) is 5.32 Å². The third-order valence-electron chi connectivity index (χ3n) is 9.12. The van der Waals surface area contributed by atoms with Crippen molar-refractivity contribution < 1.29 is 37.7 Å². The number of nitrogens with one attached hydrogen (secondary N) is 1. The molecule has 14 heteroatoms. The highest BCUT2D eigenvalue weighted by Gasteiger charge is 2.47. The van der Waals surface area contributed by atoms with Crippen molar-refractivity contribution in [2.45, 2.75) is 75.3 Å². The van der Waals surface area contributed by atoms with Gasteiger partial charge in [0.25, 0.3) is 0 Å². The molecule has 2 saturated heterocycles. The summed E-state index contributed by atoms with van der Waals surface area (Å²) in [5.74, 6) is -0.234. The third kappa shape index (κ3) is 9.59. The number of amides is 3. The van der Waals surface area contributed by atoms with Crippen LogP contribution in [-0.4, -0.2) is 111 Å². The lowest BCUT2D eigenvalue weighted by Crippen LogP contribution is -2.61. The monoisotopic (exact) mass is 688 g/mol. The summed E-state index contributed by atoms with van der Waals surface area (Å²) in [5.41, 5.74) is 6.47. The van der Waals surface area contributed by atoms with Gasteiger partial charge < -0.3 is 45.3 Å². The molecule has 2 fully saturated rings. The summed E-state index contributed by atoms with van der Waals surface area (Å²) in [5, 5.41) is 27.7. The van der Waals surface area contributed by atoms with E-state index in [0.29, 0.717) is 32.4 Å². The average Bonchev–Trinajstić information content (AvgIpc) is 3.65. The maximum Gasteiger partial charge on any atom is 0.316 e. The number of nitrogens with two attached hydrogens (primary N) is 1. The molecular weight excluding hydrogens is 638 g/mol. The molecule has 3 amide bonds. The maximum atomic E-state index is 14.2. The molecule has 2 aromatic rings. The molecule has 2 aliphatic rings. The fraction of sp³-hybridized carbons (Fsp3) is 0.588. The zero-order valence-electron chi connectivity index (χ0n) is 28.3. The van der Waals surface area contributed by atoms with Gasteiger partial charge in [-0.25, -0.2) is 13.2 Å². The molecule has 0 radical (unpaired) electrons. The van der Waals surface area contributed by atoms with E-state index in [1.807, 2.05) is 44.2 Å². The normalized spacial score (nSPS) is 20.7. The second kappa shape index (κ2) is 16.3. The number of unbranched alkanes of at least 4 members (excludes halogenated alkanes) is 1. The van der Waals surface area contributed by atoms with Gasteiger partial charge >= 0.3 is 6.03 Å². The highest BCUT2D eigenvalue weighted by Crippen LogP contribution is 2.36. The lowest BCUT2D eigenvalue weighted by molar-refractivity contribution is -0.273. The Morgan fingerprint density at radius 1 is 1.10 bits per heavy atom. The Bertz CT molecular complexity index is 1470. The fourth-order valence-corrected chi connectivity index (χ4v) is 8.26.